The number of amides is 1. The first-order chi connectivity index (χ1) is 9.43. The van der Waals surface area contributed by atoms with Crippen molar-refractivity contribution in [2.45, 2.75) is 13.8 Å². The number of carbonyl (C=O) groups is 1. The lowest BCUT2D eigenvalue weighted by Gasteiger charge is -2.23. The van der Waals surface area contributed by atoms with Gasteiger partial charge in [-0.2, -0.15) is 0 Å². The van der Waals surface area contributed by atoms with Crippen LogP contribution in [0.4, 0.5) is 5.69 Å². The molecule has 106 valence electrons. The quantitative estimate of drug-likeness (QED) is 0.765. The molecule has 0 spiro atoms. The molecule has 0 radical (unpaired) electrons. The fraction of sp³-hybridized carbons (Fsp3) is 0.214. The van der Waals surface area contributed by atoms with Gasteiger partial charge < -0.3 is 10.0 Å². The van der Waals surface area contributed by atoms with E-state index in [1.54, 1.807) is 29.2 Å². The molecule has 0 saturated heterocycles. The van der Waals surface area contributed by atoms with Crippen LogP contribution in [-0.4, -0.2) is 17.6 Å². The van der Waals surface area contributed by atoms with E-state index in [0.29, 0.717) is 12.1 Å². The summed E-state index contributed by atoms with van der Waals surface area (Å²) in [5.74, 6) is 0.0671. The minimum absolute atomic E-state index is 0.0879. The number of carbonyl (C=O) groups excluding carboxylic acids is 1. The number of aryl methyl sites for hydroxylation is 1. The fourth-order valence-electron chi connectivity index (χ4n) is 1.94. The molecular formula is C14H13Br2NO2S. The molecule has 0 atom stereocenters. The van der Waals surface area contributed by atoms with Crippen molar-refractivity contribution in [1.82, 2.24) is 0 Å². The molecule has 0 aliphatic rings. The van der Waals surface area contributed by atoms with E-state index < -0.39 is 0 Å². The van der Waals surface area contributed by atoms with Gasteiger partial charge >= 0.3 is 0 Å². The van der Waals surface area contributed by atoms with Crippen LogP contribution in [0.3, 0.4) is 0 Å². The third-order valence-electron chi connectivity index (χ3n) is 2.93. The second-order valence-corrected chi connectivity index (χ2v) is 8.01. The van der Waals surface area contributed by atoms with Crippen LogP contribution in [0.1, 0.15) is 22.8 Å². The van der Waals surface area contributed by atoms with Gasteiger partial charge in [-0.05, 0) is 63.4 Å². The van der Waals surface area contributed by atoms with Crippen molar-refractivity contribution in [3.63, 3.8) is 0 Å². The first-order valence-electron chi connectivity index (χ1n) is 6.00. The number of thiophene rings is 1. The van der Waals surface area contributed by atoms with Gasteiger partial charge in [0.05, 0.1) is 18.8 Å². The summed E-state index contributed by atoms with van der Waals surface area (Å²) in [6, 6.07) is 6.84. The van der Waals surface area contributed by atoms with Crippen LogP contribution < -0.4 is 4.90 Å². The van der Waals surface area contributed by atoms with Crippen molar-refractivity contribution in [2.75, 3.05) is 11.4 Å². The van der Waals surface area contributed by atoms with Crippen LogP contribution >= 0.6 is 43.2 Å². The highest BCUT2D eigenvalue weighted by Gasteiger charge is 2.22. The zero-order valence-corrected chi connectivity index (χ0v) is 15.0. The van der Waals surface area contributed by atoms with Gasteiger partial charge in [0.25, 0.3) is 5.91 Å². The van der Waals surface area contributed by atoms with Crippen LogP contribution in [0, 0.1) is 6.92 Å². The maximum absolute atomic E-state index is 12.7. The monoisotopic (exact) mass is 417 g/mol. The van der Waals surface area contributed by atoms with Gasteiger partial charge in [0.15, 0.2) is 0 Å². The van der Waals surface area contributed by atoms with E-state index in [0.717, 1.165) is 18.8 Å². The highest BCUT2D eigenvalue weighted by atomic mass is 79.9. The number of halogens is 2. The average Bonchev–Trinajstić information content (AvgIpc) is 2.73. The summed E-state index contributed by atoms with van der Waals surface area (Å²) in [5.41, 5.74) is 2.29. The number of rotatable bonds is 3. The molecule has 0 saturated carbocycles. The number of phenols is 1. The lowest BCUT2D eigenvalue weighted by molar-refractivity contribution is 0.0988. The summed E-state index contributed by atoms with van der Waals surface area (Å²) in [4.78, 5) is 14.3. The molecule has 1 N–H and O–H groups in total. The Morgan fingerprint density at radius 3 is 2.60 bits per heavy atom. The number of anilines is 1. The van der Waals surface area contributed by atoms with Gasteiger partial charge in [0.2, 0.25) is 0 Å². The SMILES string of the molecule is CCN(C(=O)c1cc(Br)sc1Br)c1cc(O)ccc1C. The van der Waals surface area contributed by atoms with Gasteiger partial charge in [-0.15, -0.1) is 11.3 Å². The molecule has 1 aromatic heterocycles. The molecule has 2 rings (SSSR count). The zero-order chi connectivity index (χ0) is 14.9. The van der Waals surface area contributed by atoms with E-state index in [4.69, 9.17) is 0 Å². The molecule has 3 nitrogen and oxygen atoms in total. The lowest BCUT2D eigenvalue weighted by Crippen LogP contribution is -2.31. The third-order valence-corrected chi connectivity index (χ3v) is 5.27. The van der Waals surface area contributed by atoms with E-state index in [9.17, 15) is 9.90 Å². The van der Waals surface area contributed by atoms with E-state index in [1.807, 2.05) is 13.8 Å². The maximum atomic E-state index is 12.7. The molecule has 0 unspecified atom stereocenters. The van der Waals surface area contributed by atoms with Gasteiger partial charge in [-0.1, -0.05) is 6.07 Å². The van der Waals surface area contributed by atoms with Crippen molar-refractivity contribution in [1.29, 1.82) is 0 Å². The Labute approximate surface area is 138 Å². The Balaban J connectivity index is 2.44. The minimum atomic E-state index is -0.0879. The lowest BCUT2D eigenvalue weighted by atomic mass is 10.1. The molecule has 0 aliphatic heterocycles. The minimum Gasteiger partial charge on any atom is -0.508 e. The molecule has 0 bridgehead atoms. The van der Waals surface area contributed by atoms with E-state index in [-0.39, 0.29) is 11.7 Å². The predicted octanol–water partition coefficient (Wildman–Crippen LogP) is 4.95. The van der Waals surface area contributed by atoms with Crippen molar-refractivity contribution in [2.24, 2.45) is 0 Å². The molecule has 0 aliphatic carbocycles. The van der Waals surface area contributed by atoms with Crippen LogP contribution in [0.5, 0.6) is 5.75 Å². The highest BCUT2D eigenvalue weighted by Crippen LogP contribution is 2.34. The van der Waals surface area contributed by atoms with Crippen LogP contribution in [-0.2, 0) is 0 Å². The largest absolute Gasteiger partial charge is 0.508 e. The number of aromatic hydroxyl groups is 1. The Morgan fingerprint density at radius 2 is 2.05 bits per heavy atom. The summed E-state index contributed by atoms with van der Waals surface area (Å²) in [7, 11) is 0. The fourth-order valence-corrected chi connectivity index (χ4v) is 4.72. The normalized spacial score (nSPS) is 10.6. The molecule has 6 heteroatoms. The van der Waals surface area contributed by atoms with Crippen molar-refractivity contribution >= 4 is 54.8 Å². The summed E-state index contributed by atoms with van der Waals surface area (Å²) in [6.07, 6.45) is 0. The number of hydrogen-bond donors (Lipinski definition) is 1. The second-order valence-electron chi connectivity index (χ2n) is 4.26. The Hall–Kier alpha value is -0.850. The van der Waals surface area contributed by atoms with Crippen LogP contribution in [0.15, 0.2) is 31.8 Å². The first kappa shape index (κ1) is 15.5. The topological polar surface area (TPSA) is 40.5 Å². The number of benzene rings is 1. The summed E-state index contributed by atoms with van der Waals surface area (Å²) in [5, 5.41) is 9.64. The van der Waals surface area contributed by atoms with Crippen molar-refractivity contribution in [3.05, 3.63) is 43.0 Å². The highest BCUT2D eigenvalue weighted by molar-refractivity contribution is 9.12. The Morgan fingerprint density at radius 1 is 1.35 bits per heavy atom. The van der Waals surface area contributed by atoms with E-state index >= 15 is 0 Å². The molecule has 1 amide bonds. The predicted molar refractivity (Wildman–Crippen MR) is 89.9 cm³/mol. The zero-order valence-electron chi connectivity index (χ0n) is 11.0. The molecule has 0 fully saturated rings. The summed E-state index contributed by atoms with van der Waals surface area (Å²) >= 11 is 8.26. The molecule has 1 aromatic carbocycles. The number of hydrogen-bond acceptors (Lipinski definition) is 3. The third kappa shape index (κ3) is 3.07. The summed E-state index contributed by atoms with van der Waals surface area (Å²) in [6.45, 7) is 4.36. The number of nitrogens with zero attached hydrogens (tertiary/aromatic N) is 1. The standard InChI is InChI=1S/C14H13Br2NO2S/c1-3-17(11-6-9(18)5-4-8(11)2)14(19)10-7-12(15)20-13(10)16/h4-7,18H,3H2,1-2H3. The second kappa shape index (κ2) is 6.28. The van der Waals surface area contributed by atoms with Crippen LogP contribution in [0.25, 0.3) is 0 Å². The van der Waals surface area contributed by atoms with Crippen molar-refractivity contribution < 1.29 is 9.90 Å². The maximum Gasteiger partial charge on any atom is 0.260 e. The van der Waals surface area contributed by atoms with Crippen LogP contribution in [0.2, 0.25) is 0 Å². The van der Waals surface area contributed by atoms with E-state index in [2.05, 4.69) is 31.9 Å². The number of phenolic OH excluding ortho intramolecular Hbond substituents is 1. The smallest absolute Gasteiger partial charge is 0.260 e. The van der Waals surface area contributed by atoms with E-state index in [1.165, 1.54) is 11.3 Å². The Bertz CT molecular complexity index is 655. The molecule has 20 heavy (non-hydrogen) atoms. The molecular weight excluding hydrogens is 406 g/mol. The molecule has 2 aromatic rings. The first-order valence-corrected chi connectivity index (χ1v) is 8.40. The summed E-state index contributed by atoms with van der Waals surface area (Å²) < 4.78 is 1.70. The van der Waals surface area contributed by atoms with Gasteiger partial charge in [-0.3, -0.25) is 4.79 Å². The Kier molecular flexibility index (Phi) is 4.88. The van der Waals surface area contributed by atoms with Gasteiger partial charge in [0.1, 0.15) is 5.75 Å². The van der Waals surface area contributed by atoms with Crippen molar-refractivity contribution in [3.8, 4) is 5.75 Å². The average molecular weight is 419 g/mol. The molecule has 1 heterocycles. The van der Waals surface area contributed by atoms with Gasteiger partial charge in [0, 0.05) is 12.6 Å². The van der Waals surface area contributed by atoms with Gasteiger partial charge in [-0.25, -0.2) is 0 Å².